The van der Waals surface area contributed by atoms with E-state index in [2.05, 4.69) is 92.0 Å². The Morgan fingerprint density at radius 2 is 0.816 bits per heavy atom. The molecule has 1 aliphatic carbocycles. The fraction of sp³-hybridized carbons (Fsp3) is 0.429. The van der Waals surface area contributed by atoms with Crippen LogP contribution < -0.4 is 24.3 Å². The first-order valence-electron chi connectivity index (χ1n) is 18.1. The highest BCUT2D eigenvalue weighted by Crippen LogP contribution is 2.39. The lowest BCUT2D eigenvalue weighted by Gasteiger charge is -2.23. The van der Waals surface area contributed by atoms with E-state index in [9.17, 15) is 0 Å². The van der Waals surface area contributed by atoms with Gasteiger partial charge in [0, 0.05) is 38.8 Å². The van der Waals surface area contributed by atoms with Crippen molar-refractivity contribution in [3.63, 3.8) is 0 Å². The molecule has 7 heteroatoms. The summed E-state index contributed by atoms with van der Waals surface area (Å²) in [5.74, 6) is 3.72. The van der Waals surface area contributed by atoms with Gasteiger partial charge in [0.2, 0.25) is 0 Å². The molecular weight excluding hydrogens is 614 g/mol. The van der Waals surface area contributed by atoms with E-state index < -0.39 is 0 Å². The molecule has 7 nitrogen and oxygen atoms in total. The SMILES string of the molecule is CCCOc1c2cccc1Cc1cccc3c1OCCOCCNCCOCCOc1c(cccc1Cc1cccc(c1OCCC)C3)C2. The van der Waals surface area contributed by atoms with Crippen LogP contribution in [0.4, 0.5) is 0 Å². The lowest BCUT2D eigenvalue weighted by atomic mass is 9.91. The molecule has 0 saturated carbocycles. The van der Waals surface area contributed by atoms with Gasteiger partial charge in [-0.25, -0.2) is 0 Å². The minimum atomic E-state index is 0.461. The van der Waals surface area contributed by atoms with Crippen molar-refractivity contribution in [2.45, 2.75) is 52.4 Å². The lowest BCUT2D eigenvalue weighted by molar-refractivity contribution is 0.0901. The van der Waals surface area contributed by atoms with Crippen LogP contribution in [-0.4, -0.2) is 65.9 Å². The number of ether oxygens (including phenoxy) is 6. The van der Waals surface area contributed by atoms with E-state index in [0.717, 1.165) is 93.4 Å². The van der Waals surface area contributed by atoms with Crippen LogP contribution >= 0.6 is 0 Å². The molecule has 4 aromatic carbocycles. The molecule has 4 aromatic rings. The van der Waals surface area contributed by atoms with Crippen molar-refractivity contribution in [3.8, 4) is 23.0 Å². The van der Waals surface area contributed by atoms with Crippen molar-refractivity contribution in [1.29, 1.82) is 0 Å². The van der Waals surface area contributed by atoms with Gasteiger partial charge in [-0.3, -0.25) is 0 Å². The standard InChI is InChI=1S/C42H51NO6/c1-3-19-46-39-31-9-5-10-32(39)28-36-14-8-16-38-30-34-12-6-11-33(40(34)47-20-4-2)29-37-15-7-13-35(27-31)41(37)48-25-23-44-21-17-43-18-22-45-24-26-49-42(36)38/h5-16,43H,3-4,17-30H2,1-2H3. The number of para-hydroxylation sites is 4. The van der Waals surface area contributed by atoms with Crippen molar-refractivity contribution < 1.29 is 28.4 Å². The van der Waals surface area contributed by atoms with E-state index in [-0.39, 0.29) is 0 Å². The third-order valence-electron chi connectivity index (χ3n) is 8.93. The molecule has 10 bridgehead atoms. The Kier molecular flexibility index (Phi) is 12.9. The van der Waals surface area contributed by atoms with Crippen molar-refractivity contribution in [2.24, 2.45) is 0 Å². The molecule has 1 heterocycles. The smallest absolute Gasteiger partial charge is 0.126 e. The third kappa shape index (κ3) is 9.15. The Morgan fingerprint density at radius 1 is 0.469 bits per heavy atom. The molecule has 6 rings (SSSR count). The van der Waals surface area contributed by atoms with Crippen molar-refractivity contribution in [1.82, 2.24) is 5.32 Å². The van der Waals surface area contributed by atoms with Gasteiger partial charge in [-0.05, 0) is 57.3 Å². The molecular formula is C42H51NO6. The molecule has 0 fully saturated rings. The first-order valence-corrected chi connectivity index (χ1v) is 18.1. The fourth-order valence-corrected chi connectivity index (χ4v) is 6.66. The average Bonchev–Trinajstić information content (AvgIpc) is 3.10. The summed E-state index contributed by atoms with van der Waals surface area (Å²) in [5, 5.41) is 3.40. The Labute approximate surface area is 291 Å². The molecule has 0 atom stereocenters. The summed E-state index contributed by atoms with van der Waals surface area (Å²) < 4.78 is 38.4. The zero-order valence-corrected chi connectivity index (χ0v) is 29.2. The average molecular weight is 666 g/mol. The summed E-state index contributed by atoms with van der Waals surface area (Å²) >= 11 is 0. The van der Waals surface area contributed by atoms with E-state index in [1.54, 1.807) is 0 Å². The van der Waals surface area contributed by atoms with E-state index >= 15 is 0 Å². The first-order chi connectivity index (χ1) is 24.2. The second-order valence-electron chi connectivity index (χ2n) is 12.7. The Morgan fingerprint density at radius 3 is 1.16 bits per heavy atom. The van der Waals surface area contributed by atoms with Crippen molar-refractivity contribution in [2.75, 3.05) is 65.9 Å². The van der Waals surface area contributed by atoms with Gasteiger partial charge >= 0.3 is 0 Å². The summed E-state index contributed by atoms with van der Waals surface area (Å²) in [6, 6.07) is 26.1. The van der Waals surface area contributed by atoms with Gasteiger partial charge in [0.25, 0.3) is 0 Å². The van der Waals surface area contributed by atoms with E-state index in [1.807, 2.05) is 0 Å². The second-order valence-corrected chi connectivity index (χ2v) is 12.7. The summed E-state index contributed by atoms with van der Waals surface area (Å²) in [4.78, 5) is 0. The highest BCUT2D eigenvalue weighted by molar-refractivity contribution is 5.56. The Hall–Kier alpha value is -4.04. The maximum atomic E-state index is 6.65. The van der Waals surface area contributed by atoms with E-state index in [4.69, 9.17) is 28.4 Å². The summed E-state index contributed by atoms with van der Waals surface area (Å²) in [5.41, 5.74) is 9.09. The van der Waals surface area contributed by atoms with Crippen LogP contribution in [0.3, 0.4) is 0 Å². The number of rotatable bonds is 6. The molecule has 1 aliphatic heterocycles. The predicted molar refractivity (Wildman–Crippen MR) is 194 cm³/mol. The molecule has 0 saturated heterocycles. The number of hydrogen-bond donors (Lipinski definition) is 1. The Balaban J connectivity index is 1.53. The second kappa shape index (κ2) is 18.1. The zero-order valence-electron chi connectivity index (χ0n) is 29.2. The maximum absolute atomic E-state index is 6.65. The zero-order chi connectivity index (χ0) is 33.7. The van der Waals surface area contributed by atoms with Gasteiger partial charge in [-0.1, -0.05) is 86.6 Å². The highest BCUT2D eigenvalue weighted by atomic mass is 16.5. The number of fused-ring (bicyclic) bond motifs is 2. The normalized spacial score (nSPS) is 15.8. The molecule has 0 amide bonds. The molecule has 0 radical (unpaired) electrons. The van der Waals surface area contributed by atoms with Gasteiger partial charge < -0.3 is 33.7 Å². The number of benzene rings is 4. The molecule has 260 valence electrons. The monoisotopic (exact) mass is 665 g/mol. The van der Waals surface area contributed by atoms with Crippen LogP contribution in [0.5, 0.6) is 23.0 Å². The highest BCUT2D eigenvalue weighted by Gasteiger charge is 2.21. The van der Waals surface area contributed by atoms with Crippen molar-refractivity contribution in [3.05, 3.63) is 117 Å². The summed E-state index contributed by atoms with van der Waals surface area (Å²) in [6.07, 6.45) is 4.58. The molecule has 0 spiro atoms. The Bertz CT molecular complexity index is 1450. The third-order valence-corrected chi connectivity index (χ3v) is 8.93. The minimum absolute atomic E-state index is 0.461. The van der Waals surface area contributed by atoms with Crippen molar-refractivity contribution >= 4 is 0 Å². The van der Waals surface area contributed by atoms with Crippen LogP contribution in [0.15, 0.2) is 72.8 Å². The van der Waals surface area contributed by atoms with Crippen LogP contribution in [0.2, 0.25) is 0 Å². The molecule has 1 N–H and O–H groups in total. The maximum Gasteiger partial charge on any atom is 0.126 e. The molecule has 2 aliphatic rings. The van der Waals surface area contributed by atoms with E-state index in [0.29, 0.717) is 78.5 Å². The van der Waals surface area contributed by atoms with Gasteiger partial charge in [-0.15, -0.1) is 0 Å². The fourth-order valence-electron chi connectivity index (χ4n) is 6.66. The van der Waals surface area contributed by atoms with Gasteiger partial charge in [-0.2, -0.15) is 0 Å². The van der Waals surface area contributed by atoms with Crippen LogP contribution in [0.1, 0.15) is 71.2 Å². The van der Waals surface area contributed by atoms with Gasteiger partial charge in [0.05, 0.1) is 39.6 Å². The molecule has 0 unspecified atom stereocenters. The van der Waals surface area contributed by atoms with Crippen LogP contribution in [0, 0.1) is 0 Å². The summed E-state index contributed by atoms with van der Waals surface area (Å²) in [6.45, 7) is 10.3. The molecule has 0 aromatic heterocycles. The topological polar surface area (TPSA) is 67.4 Å². The molecule has 49 heavy (non-hydrogen) atoms. The van der Waals surface area contributed by atoms with Gasteiger partial charge in [0.15, 0.2) is 0 Å². The van der Waals surface area contributed by atoms with E-state index in [1.165, 1.54) is 0 Å². The van der Waals surface area contributed by atoms with Crippen LogP contribution in [-0.2, 0) is 35.2 Å². The number of nitrogens with one attached hydrogen (secondary N) is 1. The number of hydrogen-bond acceptors (Lipinski definition) is 7. The summed E-state index contributed by atoms with van der Waals surface area (Å²) in [7, 11) is 0. The van der Waals surface area contributed by atoms with Gasteiger partial charge in [0.1, 0.15) is 36.2 Å². The first kappa shape index (κ1) is 34.8. The minimum Gasteiger partial charge on any atom is -0.493 e. The lowest BCUT2D eigenvalue weighted by Crippen LogP contribution is -2.25. The largest absolute Gasteiger partial charge is 0.493 e. The van der Waals surface area contributed by atoms with Crippen LogP contribution in [0.25, 0.3) is 0 Å². The predicted octanol–water partition coefficient (Wildman–Crippen LogP) is 7.33. The quantitative estimate of drug-likeness (QED) is 0.204.